The number of hydrogen-bond acceptors (Lipinski definition) is 3. The van der Waals surface area contributed by atoms with Gasteiger partial charge in [-0.15, -0.1) is 0 Å². The van der Waals surface area contributed by atoms with E-state index < -0.39 is 15.6 Å². The van der Waals surface area contributed by atoms with Gasteiger partial charge < -0.3 is 4.57 Å². The molecule has 0 fully saturated rings. The standard InChI is InChI=1S/C7H12N2.CHF3O3S/c1-3-7-8-5-6-9(7)4-2;2-1(3,4)8(5,6)7/h5-6H,3-4H2,1-2H3;(H,5,6,7). The van der Waals surface area contributed by atoms with Crippen molar-refractivity contribution in [3.8, 4) is 0 Å². The number of rotatable bonds is 2. The van der Waals surface area contributed by atoms with E-state index in [0.717, 1.165) is 13.0 Å². The summed E-state index contributed by atoms with van der Waals surface area (Å²) in [4.78, 5) is 4.17. The smallest absolute Gasteiger partial charge is 0.335 e. The zero-order valence-corrected chi connectivity index (χ0v) is 10.1. The lowest BCUT2D eigenvalue weighted by atomic mass is 10.4. The molecule has 1 N–H and O–H groups in total. The maximum Gasteiger partial charge on any atom is 0.522 e. The highest BCUT2D eigenvalue weighted by molar-refractivity contribution is 7.86. The van der Waals surface area contributed by atoms with E-state index in [9.17, 15) is 13.2 Å². The van der Waals surface area contributed by atoms with Crippen LogP contribution >= 0.6 is 0 Å². The van der Waals surface area contributed by atoms with Crippen molar-refractivity contribution in [2.45, 2.75) is 32.3 Å². The molecule has 1 aromatic rings. The van der Waals surface area contributed by atoms with Crippen LogP contribution in [0.2, 0.25) is 0 Å². The minimum atomic E-state index is -5.84. The topological polar surface area (TPSA) is 72.2 Å². The first-order valence-corrected chi connectivity index (χ1v) is 6.11. The third kappa shape index (κ3) is 5.18. The van der Waals surface area contributed by atoms with Crippen LogP contribution in [0.15, 0.2) is 12.4 Å². The third-order valence-corrected chi connectivity index (χ3v) is 2.34. The Kier molecular flexibility index (Phi) is 5.62. The van der Waals surface area contributed by atoms with E-state index in [1.807, 2.05) is 12.4 Å². The van der Waals surface area contributed by atoms with Gasteiger partial charge in [-0.3, -0.25) is 4.55 Å². The van der Waals surface area contributed by atoms with E-state index in [2.05, 4.69) is 23.4 Å². The van der Waals surface area contributed by atoms with Crippen molar-refractivity contribution in [1.29, 1.82) is 0 Å². The molecule has 1 heterocycles. The number of aromatic nitrogens is 2. The monoisotopic (exact) mass is 274 g/mol. The Balaban J connectivity index is 0.000000304. The van der Waals surface area contributed by atoms with Gasteiger partial charge in [0, 0.05) is 25.4 Å². The van der Waals surface area contributed by atoms with E-state index in [1.165, 1.54) is 5.82 Å². The molecule has 0 aliphatic carbocycles. The number of nitrogens with zero attached hydrogens (tertiary/aromatic N) is 2. The quantitative estimate of drug-likeness (QED) is 0.660. The fraction of sp³-hybridized carbons (Fsp3) is 0.625. The second-order valence-corrected chi connectivity index (χ2v) is 4.32. The fourth-order valence-electron chi connectivity index (χ4n) is 0.942. The average molecular weight is 274 g/mol. The molecule has 0 saturated carbocycles. The molecule has 0 aromatic carbocycles. The maximum atomic E-state index is 10.7. The molecule has 1 aromatic heterocycles. The predicted molar refractivity (Wildman–Crippen MR) is 54.9 cm³/mol. The van der Waals surface area contributed by atoms with Gasteiger partial charge in [0.2, 0.25) is 0 Å². The van der Waals surface area contributed by atoms with Gasteiger partial charge in [0.1, 0.15) is 5.82 Å². The molecule has 1 rings (SSSR count). The van der Waals surface area contributed by atoms with Crippen LogP contribution in [0.4, 0.5) is 13.2 Å². The normalized spacial score (nSPS) is 11.9. The summed E-state index contributed by atoms with van der Waals surface area (Å²) in [7, 11) is -5.84. The van der Waals surface area contributed by atoms with Gasteiger partial charge in [-0.05, 0) is 6.92 Å². The predicted octanol–water partition coefficient (Wildman–Crippen LogP) is 1.86. The molecule has 0 aliphatic heterocycles. The van der Waals surface area contributed by atoms with Crippen LogP contribution in [0.1, 0.15) is 19.7 Å². The molecular formula is C8H13F3N2O3S. The summed E-state index contributed by atoms with van der Waals surface area (Å²) >= 11 is 0. The zero-order valence-electron chi connectivity index (χ0n) is 9.27. The summed E-state index contributed by atoms with van der Waals surface area (Å²) < 4.78 is 59.7. The van der Waals surface area contributed by atoms with E-state index in [-0.39, 0.29) is 0 Å². The Morgan fingerprint density at radius 1 is 1.41 bits per heavy atom. The lowest BCUT2D eigenvalue weighted by molar-refractivity contribution is -0.0510. The molecule has 0 amide bonds. The van der Waals surface area contributed by atoms with E-state index in [4.69, 9.17) is 13.0 Å². The van der Waals surface area contributed by atoms with Crippen molar-refractivity contribution in [1.82, 2.24) is 9.55 Å². The Morgan fingerprint density at radius 2 is 1.88 bits per heavy atom. The van der Waals surface area contributed by atoms with Crippen molar-refractivity contribution < 1.29 is 26.1 Å². The SMILES string of the molecule is CCc1nccn1CC.O=S(=O)(O)C(F)(F)F. The zero-order chi connectivity index (χ0) is 13.7. The summed E-state index contributed by atoms with van der Waals surface area (Å²) in [5, 5.41) is 0. The summed E-state index contributed by atoms with van der Waals surface area (Å²) in [5.74, 6) is 1.18. The van der Waals surface area contributed by atoms with Crippen LogP contribution in [0, 0.1) is 0 Å². The molecule has 17 heavy (non-hydrogen) atoms. The molecule has 0 spiro atoms. The van der Waals surface area contributed by atoms with E-state index >= 15 is 0 Å². The number of halogens is 3. The van der Waals surface area contributed by atoms with Crippen LogP contribution < -0.4 is 0 Å². The Hall–Kier alpha value is -1.09. The highest BCUT2D eigenvalue weighted by Crippen LogP contribution is 2.20. The molecule has 9 heteroatoms. The summed E-state index contributed by atoms with van der Waals surface area (Å²) in [5.41, 5.74) is -5.53. The van der Waals surface area contributed by atoms with Gasteiger partial charge in [0.15, 0.2) is 0 Å². The van der Waals surface area contributed by atoms with Gasteiger partial charge in [0.25, 0.3) is 0 Å². The molecule has 5 nitrogen and oxygen atoms in total. The fourth-order valence-corrected chi connectivity index (χ4v) is 0.942. The molecule has 0 unspecified atom stereocenters. The van der Waals surface area contributed by atoms with Gasteiger partial charge in [-0.25, -0.2) is 4.98 Å². The summed E-state index contributed by atoms with van der Waals surface area (Å²) in [6.45, 7) is 5.28. The van der Waals surface area contributed by atoms with Gasteiger partial charge in [-0.1, -0.05) is 6.92 Å². The minimum Gasteiger partial charge on any atom is -0.335 e. The van der Waals surface area contributed by atoms with Crippen LogP contribution in [-0.4, -0.2) is 28.0 Å². The van der Waals surface area contributed by atoms with Crippen LogP contribution in [0.25, 0.3) is 0 Å². The minimum absolute atomic E-state index is 1.03. The Bertz CT molecular complexity index is 421. The number of imidazole rings is 1. The van der Waals surface area contributed by atoms with Crippen LogP contribution in [0.5, 0.6) is 0 Å². The highest BCUT2D eigenvalue weighted by Gasteiger charge is 2.44. The van der Waals surface area contributed by atoms with Crippen molar-refractivity contribution in [3.05, 3.63) is 18.2 Å². The molecule has 0 bridgehead atoms. The lowest BCUT2D eigenvalue weighted by Gasteiger charge is -1.98. The Labute approximate surface area is 97.0 Å². The van der Waals surface area contributed by atoms with Gasteiger partial charge >= 0.3 is 15.6 Å². The third-order valence-electron chi connectivity index (χ3n) is 1.75. The van der Waals surface area contributed by atoms with E-state index in [1.54, 1.807) is 0 Å². The van der Waals surface area contributed by atoms with Gasteiger partial charge in [0.05, 0.1) is 0 Å². The van der Waals surface area contributed by atoms with Crippen LogP contribution in [0.3, 0.4) is 0 Å². The highest BCUT2D eigenvalue weighted by atomic mass is 32.2. The Morgan fingerprint density at radius 3 is 2.12 bits per heavy atom. The van der Waals surface area contributed by atoms with Gasteiger partial charge in [-0.2, -0.15) is 21.6 Å². The number of aryl methyl sites for hydroxylation is 2. The molecule has 0 aliphatic rings. The molecule has 0 atom stereocenters. The second kappa shape index (κ2) is 6.01. The first-order chi connectivity index (χ1) is 7.63. The summed E-state index contributed by atoms with van der Waals surface area (Å²) in [6.07, 6.45) is 4.89. The molecular weight excluding hydrogens is 261 g/mol. The number of hydrogen-bond donors (Lipinski definition) is 1. The number of alkyl halides is 3. The van der Waals surface area contributed by atoms with Crippen molar-refractivity contribution in [3.63, 3.8) is 0 Å². The van der Waals surface area contributed by atoms with Crippen molar-refractivity contribution >= 4 is 10.1 Å². The maximum absolute atomic E-state index is 10.7. The second-order valence-electron chi connectivity index (χ2n) is 2.90. The first-order valence-electron chi connectivity index (χ1n) is 4.67. The van der Waals surface area contributed by atoms with Crippen LogP contribution in [-0.2, 0) is 23.1 Å². The largest absolute Gasteiger partial charge is 0.522 e. The first kappa shape index (κ1) is 15.9. The molecule has 100 valence electrons. The van der Waals surface area contributed by atoms with Crippen molar-refractivity contribution in [2.24, 2.45) is 0 Å². The molecule has 0 saturated heterocycles. The average Bonchev–Trinajstić information content (AvgIpc) is 2.62. The molecule has 0 radical (unpaired) electrons. The van der Waals surface area contributed by atoms with E-state index in [0.29, 0.717) is 0 Å². The lowest BCUT2D eigenvalue weighted by Crippen LogP contribution is -2.21. The van der Waals surface area contributed by atoms with Crippen molar-refractivity contribution in [2.75, 3.05) is 0 Å². The summed E-state index contributed by atoms with van der Waals surface area (Å²) in [6, 6.07) is 0.